The number of aromatic nitrogens is 1. The topological polar surface area (TPSA) is 44.9 Å². The van der Waals surface area contributed by atoms with Crippen molar-refractivity contribution in [3.05, 3.63) is 35.0 Å². The van der Waals surface area contributed by atoms with Gasteiger partial charge in [0.15, 0.2) is 0 Å². The molecule has 2 rings (SSSR count). The van der Waals surface area contributed by atoms with Crippen molar-refractivity contribution < 1.29 is 13.6 Å². The number of hydrogen-bond donors (Lipinski definition) is 2. The first kappa shape index (κ1) is 15.5. The van der Waals surface area contributed by atoms with Crippen LogP contribution in [-0.4, -0.2) is 17.4 Å². The summed E-state index contributed by atoms with van der Waals surface area (Å²) in [6.45, 7) is 6.11. The Bertz CT molecular complexity index is 664. The second kappa shape index (κ2) is 6.24. The largest absolute Gasteiger partial charge is 0.356 e. The zero-order chi connectivity index (χ0) is 15.6. The van der Waals surface area contributed by atoms with Crippen LogP contribution in [0.5, 0.6) is 0 Å². The van der Waals surface area contributed by atoms with Crippen LogP contribution in [0.25, 0.3) is 10.9 Å². The van der Waals surface area contributed by atoms with E-state index < -0.39 is 11.6 Å². The molecule has 0 radical (unpaired) electrons. The highest BCUT2D eigenvalue weighted by atomic mass is 19.1. The third-order valence-corrected chi connectivity index (χ3v) is 3.88. The second-order valence-corrected chi connectivity index (χ2v) is 5.39. The quantitative estimate of drug-likeness (QED) is 0.871. The van der Waals surface area contributed by atoms with Gasteiger partial charge in [-0.05, 0) is 31.4 Å². The first-order valence-corrected chi connectivity index (χ1v) is 7.18. The van der Waals surface area contributed by atoms with Crippen molar-refractivity contribution in [1.82, 2.24) is 10.3 Å². The van der Waals surface area contributed by atoms with Gasteiger partial charge in [0.1, 0.15) is 11.6 Å². The molecule has 0 saturated heterocycles. The molecule has 2 aromatic rings. The van der Waals surface area contributed by atoms with Crippen LogP contribution in [0.2, 0.25) is 0 Å². The fourth-order valence-corrected chi connectivity index (χ4v) is 2.40. The number of nitrogens with one attached hydrogen (secondary N) is 2. The number of aryl methyl sites for hydroxylation is 1. The van der Waals surface area contributed by atoms with Gasteiger partial charge in [0.2, 0.25) is 5.91 Å². The van der Waals surface area contributed by atoms with Crippen molar-refractivity contribution in [2.45, 2.75) is 33.6 Å². The number of H-pyrrole nitrogens is 1. The van der Waals surface area contributed by atoms with Crippen LogP contribution in [0.15, 0.2) is 12.1 Å². The van der Waals surface area contributed by atoms with E-state index in [4.69, 9.17) is 0 Å². The first-order chi connectivity index (χ1) is 9.93. The molecule has 3 nitrogen and oxygen atoms in total. The maximum Gasteiger partial charge on any atom is 0.222 e. The van der Waals surface area contributed by atoms with Crippen LogP contribution in [0.3, 0.4) is 0 Å². The summed E-state index contributed by atoms with van der Waals surface area (Å²) in [7, 11) is 0. The maximum atomic E-state index is 13.7. The lowest BCUT2D eigenvalue weighted by Crippen LogP contribution is -2.30. The SMILES string of the molecule is CCC(C)C(=O)NCCc1c(C)[nH]c2c(F)cc(F)cc12. The van der Waals surface area contributed by atoms with E-state index >= 15 is 0 Å². The monoisotopic (exact) mass is 294 g/mol. The van der Waals surface area contributed by atoms with Gasteiger partial charge in [-0.25, -0.2) is 8.78 Å². The zero-order valence-corrected chi connectivity index (χ0v) is 12.5. The summed E-state index contributed by atoms with van der Waals surface area (Å²) in [6, 6.07) is 2.19. The Morgan fingerprint density at radius 2 is 2.10 bits per heavy atom. The number of halogens is 2. The molecule has 1 aromatic heterocycles. The van der Waals surface area contributed by atoms with E-state index in [0.29, 0.717) is 23.9 Å². The Kier molecular flexibility index (Phi) is 4.60. The fraction of sp³-hybridized carbons (Fsp3) is 0.438. The molecule has 1 aromatic carbocycles. The van der Waals surface area contributed by atoms with Crippen molar-refractivity contribution in [3.8, 4) is 0 Å². The van der Waals surface area contributed by atoms with Crippen molar-refractivity contribution in [2.75, 3.05) is 6.54 Å². The molecule has 1 unspecified atom stereocenters. The number of carbonyl (C=O) groups excluding carboxylic acids is 1. The lowest BCUT2D eigenvalue weighted by molar-refractivity contribution is -0.124. The predicted octanol–water partition coefficient (Wildman–Crippen LogP) is 3.46. The van der Waals surface area contributed by atoms with E-state index in [0.717, 1.165) is 23.7 Å². The molecular weight excluding hydrogens is 274 g/mol. The molecule has 0 aliphatic heterocycles. The summed E-state index contributed by atoms with van der Waals surface area (Å²) in [5.41, 5.74) is 1.96. The van der Waals surface area contributed by atoms with E-state index in [1.807, 2.05) is 20.8 Å². The minimum Gasteiger partial charge on any atom is -0.356 e. The smallest absolute Gasteiger partial charge is 0.222 e. The van der Waals surface area contributed by atoms with Gasteiger partial charge in [0.05, 0.1) is 5.52 Å². The van der Waals surface area contributed by atoms with E-state index in [-0.39, 0.29) is 11.8 Å². The van der Waals surface area contributed by atoms with Crippen molar-refractivity contribution in [2.24, 2.45) is 5.92 Å². The second-order valence-electron chi connectivity index (χ2n) is 5.39. The summed E-state index contributed by atoms with van der Waals surface area (Å²) in [5.74, 6) is -1.21. The maximum absolute atomic E-state index is 13.7. The first-order valence-electron chi connectivity index (χ1n) is 7.18. The standard InChI is InChI=1S/C16H20F2N2O/c1-4-9(2)16(21)19-6-5-12-10(3)20-15-13(12)7-11(17)8-14(15)18/h7-9,20H,4-6H2,1-3H3,(H,19,21). The van der Waals surface area contributed by atoms with Crippen LogP contribution < -0.4 is 5.32 Å². The summed E-state index contributed by atoms with van der Waals surface area (Å²) >= 11 is 0. The minimum absolute atomic E-state index is 0.00681. The van der Waals surface area contributed by atoms with Crippen molar-refractivity contribution >= 4 is 16.8 Å². The van der Waals surface area contributed by atoms with E-state index in [9.17, 15) is 13.6 Å². The lowest BCUT2D eigenvalue weighted by atomic mass is 10.1. The number of amides is 1. The molecule has 0 bridgehead atoms. The summed E-state index contributed by atoms with van der Waals surface area (Å²) < 4.78 is 27.1. The molecule has 0 fully saturated rings. The molecule has 5 heteroatoms. The minimum atomic E-state index is -0.594. The number of carbonyl (C=O) groups is 1. The van der Waals surface area contributed by atoms with Crippen LogP contribution in [0.1, 0.15) is 31.5 Å². The highest BCUT2D eigenvalue weighted by Gasteiger charge is 2.14. The Hall–Kier alpha value is -1.91. The fourth-order valence-electron chi connectivity index (χ4n) is 2.40. The predicted molar refractivity (Wildman–Crippen MR) is 79.1 cm³/mol. The van der Waals surface area contributed by atoms with Gasteiger partial charge in [-0.3, -0.25) is 4.79 Å². The number of hydrogen-bond acceptors (Lipinski definition) is 1. The van der Waals surface area contributed by atoms with Crippen molar-refractivity contribution in [1.29, 1.82) is 0 Å². The van der Waals surface area contributed by atoms with E-state index in [1.54, 1.807) is 0 Å². The molecule has 1 heterocycles. The van der Waals surface area contributed by atoms with Crippen LogP contribution >= 0.6 is 0 Å². The average molecular weight is 294 g/mol. The van der Waals surface area contributed by atoms with Gasteiger partial charge in [0, 0.05) is 29.6 Å². The Labute approximate surface area is 122 Å². The average Bonchev–Trinajstić information content (AvgIpc) is 2.75. The van der Waals surface area contributed by atoms with Gasteiger partial charge in [-0.15, -0.1) is 0 Å². The number of aromatic amines is 1. The molecule has 1 atom stereocenters. The molecule has 0 aliphatic rings. The third-order valence-electron chi connectivity index (χ3n) is 3.88. The van der Waals surface area contributed by atoms with Crippen LogP contribution in [-0.2, 0) is 11.2 Å². The lowest BCUT2D eigenvalue weighted by Gasteiger charge is -2.10. The van der Waals surface area contributed by atoms with Gasteiger partial charge in [-0.2, -0.15) is 0 Å². The van der Waals surface area contributed by atoms with Gasteiger partial charge >= 0.3 is 0 Å². The molecule has 0 spiro atoms. The number of rotatable bonds is 5. The van der Waals surface area contributed by atoms with E-state index in [2.05, 4.69) is 10.3 Å². The highest BCUT2D eigenvalue weighted by Crippen LogP contribution is 2.25. The summed E-state index contributed by atoms with van der Waals surface area (Å²) in [6.07, 6.45) is 1.32. The molecule has 21 heavy (non-hydrogen) atoms. The Morgan fingerprint density at radius 3 is 2.76 bits per heavy atom. The third kappa shape index (κ3) is 3.23. The van der Waals surface area contributed by atoms with Crippen molar-refractivity contribution in [3.63, 3.8) is 0 Å². The molecule has 1 amide bonds. The van der Waals surface area contributed by atoms with Crippen LogP contribution in [0.4, 0.5) is 8.78 Å². The molecule has 0 saturated carbocycles. The Balaban J connectivity index is 2.15. The molecule has 2 N–H and O–H groups in total. The van der Waals surface area contributed by atoms with E-state index in [1.165, 1.54) is 6.07 Å². The highest BCUT2D eigenvalue weighted by molar-refractivity contribution is 5.85. The Morgan fingerprint density at radius 1 is 1.38 bits per heavy atom. The zero-order valence-electron chi connectivity index (χ0n) is 12.5. The van der Waals surface area contributed by atoms with Gasteiger partial charge in [-0.1, -0.05) is 13.8 Å². The van der Waals surface area contributed by atoms with Gasteiger partial charge < -0.3 is 10.3 Å². The molecule has 0 aliphatic carbocycles. The number of fused-ring (bicyclic) bond motifs is 1. The number of benzene rings is 1. The van der Waals surface area contributed by atoms with Crippen LogP contribution in [0, 0.1) is 24.5 Å². The normalized spacial score (nSPS) is 12.6. The summed E-state index contributed by atoms with van der Waals surface area (Å²) in [5, 5.41) is 3.40. The molecular formula is C16H20F2N2O. The summed E-state index contributed by atoms with van der Waals surface area (Å²) in [4.78, 5) is 14.7. The van der Waals surface area contributed by atoms with Gasteiger partial charge in [0.25, 0.3) is 0 Å². The molecule has 114 valence electrons.